The van der Waals surface area contributed by atoms with Crippen LogP contribution < -0.4 is 11.1 Å². The second kappa shape index (κ2) is 4.84. The van der Waals surface area contributed by atoms with E-state index < -0.39 is 5.54 Å². The van der Waals surface area contributed by atoms with Gasteiger partial charge in [0.15, 0.2) is 0 Å². The van der Waals surface area contributed by atoms with Crippen LogP contribution in [-0.4, -0.2) is 23.2 Å². The van der Waals surface area contributed by atoms with E-state index in [1.165, 1.54) is 0 Å². The van der Waals surface area contributed by atoms with Crippen molar-refractivity contribution >= 4 is 27.5 Å². The van der Waals surface area contributed by atoms with Gasteiger partial charge in [0.2, 0.25) is 0 Å². The van der Waals surface area contributed by atoms with Crippen LogP contribution in [0.3, 0.4) is 0 Å². The van der Waals surface area contributed by atoms with E-state index in [1.807, 2.05) is 0 Å². The van der Waals surface area contributed by atoms with E-state index in [-0.39, 0.29) is 12.5 Å². The molecule has 0 aliphatic heterocycles. The lowest BCUT2D eigenvalue weighted by molar-refractivity contribution is 0.0868. The normalized spacial score (nSPS) is 11.2. The average Bonchev–Trinajstić information content (AvgIpc) is 2.21. The van der Waals surface area contributed by atoms with Crippen LogP contribution in [0.2, 0.25) is 0 Å². The van der Waals surface area contributed by atoms with E-state index in [9.17, 15) is 4.79 Å². The van der Waals surface area contributed by atoms with E-state index in [0.29, 0.717) is 15.7 Å². The Morgan fingerprint density at radius 3 is 2.75 bits per heavy atom. The van der Waals surface area contributed by atoms with Crippen molar-refractivity contribution in [1.29, 1.82) is 0 Å². The van der Waals surface area contributed by atoms with Crippen LogP contribution in [0, 0.1) is 0 Å². The van der Waals surface area contributed by atoms with Crippen molar-refractivity contribution in [2.75, 3.05) is 12.3 Å². The second-order valence-electron chi connectivity index (χ2n) is 4.24. The van der Waals surface area contributed by atoms with E-state index in [2.05, 4.69) is 21.2 Å². The summed E-state index contributed by atoms with van der Waals surface area (Å²) in [6.07, 6.45) is 0. The first-order chi connectivity index (χ1) is 7.35. The summed E-state index contributed by atoms with van der Waals surface area (Å²) in [6.45, 7) is 3.36. The Bertz CT molecular complexity index is 405. The lowest BCUT2D eigenvalue weighted by Crippen LogP contribution is -2.46. The first kappa shape index (κ1) is 13.0. The number of nitrogens with one attached hydrogen (secondary N) is 1. The molecule has 0 atom stereocenters. The Morgan fingerprint density at radius 1 is 1.56 bits per heavy atom. The van der Waals surface area contributed by atoms with Gasteiger partial charge in [0, 0.05) is 10.2 Å². The predicted octanol–water partition coefficient (Wildman–Crippen LogP) is 1.53. The van der Waals surface area contributed by atoms with E-state index >= 15 is 0 Å². The van der Waals surface area contributed by atoms with Gasteiger partial charge < -0.3 is 16.2 Å². The van der Waals surface area contributed by atoms with Gasteiger partial charge in [-0.2, -0.15) is 0 Å². The molecule has 16 heavy (non-hydrogen) atoms. The molecule has 0 aliphatic carbocycles. The Balaban J connectivity index is 2.93. The van der Waals surface area contributed by atoms with Gasteiger partial charge in [-0.1, -0.05) is 0 Å². The van der Waals surface area contributed by atoms with Crippen LogP contribution in [0.15, 0.2) is 22.7 Å². The van der Waals surface area contributed by atoms with E-state index in [1.54, 1.807) is 32.0 Å². The Labute approximate surface area is 103 Å². The zero-order valence-electron chi connectivity index (χ0n) is 9.25. The number of benzene rings is 1. The third-order valence-corrected chi connectivity index (χ3v) is 2.77. The largest absolute Gasteiger partial charge is 0.399 e. The zero-order chi connectivity index (χ0) is 12.3. The molecule has 0 bridgehead atoms. The molecule has 1 rings (SSSR count). The number of nitrogen functional groups attached to an aromatic ring is 1. The van der Waals surface area contributed by atoms with Crippen LogP contribution in [0.4, 0.5) is 5.69 Å². The summed E-state index contributed by atoms with van der Waals surface area (Å²) in [5.74, 6) is -0.266. The molecule has 0 saturated carbocycles. The Hall–Kier alpha value is -1.07. The SMILES string of the molecule is CC(C)(CO)NC(=O)c1cc(N)ccc1Br. The van der Waals surface area contributed by atoms with Crippen molar-refractivity contribution in [3.8, 4) is 0 Å². The number of hydrogen-bond acceptors (Lipinski definition) is 3. The predicted molar refractivity (Wildman–Crippen MR) is 67.2 cm³/mol. The average molecular weight is 287 g/mol. The number of nitrogens with two attached hydrogens (primary N) is 1. The number of rotatable bonds is 3. The number of aliphatic hydroxyl groups excluding tert-OH is 1. The third-order valence-electron chi connectivity index (χ3n) is 2.08. The van der Waals surface area contributed by atoms with Gasteiger partial charge in [-0.05, 0) is 48.0 Å². The van der Waals surface area contributed by atoms with E-state index in [0.717, 1.165) is 0 Å². The fourth-order valence-corrected chi connectivity index (χ4v) is 1.56. The molecule has 0 radical (unpaired) electrons. The maximum Gasteiger partial charge on any atom is 0.252 e. The lowest BCUT2D eigenvalue weighted by Gasteiger charge is -2.23. The molecule has 1 aromatic rings. The van der Waals surface area contributed by atoms with Gasteiger partial charge in [-0.3, -0.25) is 4.79 Å². The highest BCUT2D eigenvalue weighted by molar-refractivity contribution is 9.10. The number of aliphatic hydroxyl groups is 1. The number of anilines is 1. The minimum atomic E-state index is -0.652. The first-order valence-corrected chi connectivity index (χ1v) is 5.63. The summed E-state index contributed by atoms with van der Waals surface area (Å²) >= 11 is 3.28. The van der Waals surface area contributed by atoms with Crippen molar-refractivity contribution < 1.29 is 9.90 Å². The molecule has 4 nitrogen and oxygen atoms in total. The first-order valence-electron chi connectivity index (χ1n) is 4.84. The molecule has 0 aromatic heterocycles. The lowest BCUT2D eigenvalue weighted by atomic mass is 10.1. The van der Waals surface area contributed by atoms with E-state index in [4.69, 9.17) is 10.8 Å². The van der Waals surface area contributed by atoms with Crippen LogP contribution in [0.1, 0.15) is 24.2 Å². The van der Waals surface area contributed by atoms with Gasteiger partial charge >= 0.3 is 0 Å². The molecule has 1 aromatic carbocycles. The van der Waals surface area contributed by atoms with Gasteiger partial charge in [0.25, 0.3) is 5.91 Å². The molecule has 0 heterocycles. The van der Waals surface area contributed by atoms with Crippen LogP contribution >= 0.6 is 15.9 Å². The van der Waals surface area contributed by atoms with Crippen molar-refractivity contribution in [1.82, 2.24) is 5.32 Å². The molecule has 4 N–H and O–H groups in total. The topological polar surface area (TPSA) is 75.3 Å². The third kappa shape index (κ3) is 3.21. The summed E-state index contributed by atoms with van der Waals surface area (Å²) in [5.41, 5.74) is 5.94. The molecule has 0 saturated heterocycles. The molecule has 88 valence electrons. The highest BCUT2D eigenvalue weighted by Crippen LogP contribution is 2.20. The highest BCUT2D eigenvalue weighted by Gasteiger charge is 2.21. The Kier molecular flexibility index (Phi) is 3.93. The number of hydrogen-bond donors (Lipinski definition) is 3. The Morgan fingerprint density at radius 2 is 2.19 bits per heavy atom. The standard InChI is InChI=1S/C11H15BrN2O2/c1-11(2,6-15)14-10(16)8-5-7(13)3-4-9(8)12/h3-5,15H,6,13H2,1-2H3,(H,14,16). The van der Waals surface area contributed by atoms with Crippen molar-refractivity contribution in [3.05, 3.63) is 28.2 Å². The second-order valence-corrected chi connectivity index (χ2v) is 5.09. The number of carbonyl (C=O) groups is 1. The van der Waals surface area contributed by atoms with Gasteiger partial charge in [0.1, 0.15) is 0 Å². The molecular weight excluding hydrogens is 272 g/mol. The number of halogens is 1. The number of amides is 1. The maximum atomic E-state index is 11.9. The fourth-order valence-electron chi connectivity index (χ4n) is 1.13. The minimum absolute atomic E-state index is 0.126. The van der Waals surface area contributed by atoms with Crippen LogP contribution in [0.25, 0.3) is 0 Å². The summed E-state index contributed by atoms with van der Waals surface area (Å²) in [5, 5.41) is 11.8. The monoisotopic (exact) mass is 286 g/mol. The number of carbonyl (C=O) groups excluding carboxylic acids is 1. The van der Waals surface area contributed by atoms with Crippen molar-refractivity contribution in [2.24, 2.45) is 0 Å². The summed E-state index contributed by atoms with van der Waals surface area (Å²) in [7, 11) is 0. The van der Waals surface area contributed by atoms with Gasteiger partial charge in [-0.25, -0.2) is 0 Å². The highest BCUT2D eigenvalue weighted by atomic mass is 79.9. The molecular formula is C11H15BrN2O2. The van der Waals surface area contributed by atoms with Gasteiger partial charge in [-0.15, -0.1) is 0 Å². The summed E-state index contributed by atoms with van der Waals surface area (Å²) in [6, 6.07) is 5.01. The van der Waals surface area contributed by atoms with Crippen LogP contribution in [-0.2, 0) is 0 Å². The molecule has 1 amide bonds. The maximum absolute atomic E-state index is 11.9. The fraction of sp³-hybridized carbons (Fsp3) is 0.364. The summed E-state index contributed by atoms with van der Waals surface area (Å²) in [4.78, 5) is 11.9. The van der Waals surface area contributed by atoms with Crippen molar-refractivity contribution in [2.45, 2.75) is 19.4 Å². The van der Waals surface area contributed by atoms with Crippen LogP contribution in [0.5, 0.6) is 0 Å². The molecule has 0 aliphatic rings. The molecule has 0 fully saturated rings. The smallest absolute Gasteiger partial charge is 0.252 e. The quantitative estimate of drug-likeness (QED) is 0.738. The van der Waals surface area contributed by atoms with Crippen molar-refractivity contribution in [3.63, 3.8) is 0 Å². The summed E-state index contributed by atoms with van der Waals surface area (Å²) < 4.78 is 0.674. The molecule has 5 heteroatoms. The van der Waals surface area contributed by atoms with Gasteiger partial charge in [0.05, 0.1) is 17.7 Å². The molecule has 0 spiro atoms. The minimum Gasteiger partial charge on any atom is -0.399 e. The zero-order valence-corrected chi connectivity index (χ0v) is 10.8. The molecule has 0 unspecified atom stereocenters.